The Labute approximate surface area is 126 Å². The van der Waals surface area contributed by atoms with Crippen LogP contribution in [0.3, 0.4) is 0 Å². The SMILES string of the molecule is Cc1cc(CNCC2CN(C)CCO2)c2ccccc2n1. The normalized spacial score (nSPS) is 20.0. The minimum atomic E-state index is 0.290. The standard InChI is InChI=1S/C17H23N3O/c1-13-9-14(16-5-3-4-6-17(16)19-13)10-18-11-15-12-20(2)7-8-21-15/h3-6,9,15,18H,7-8,10-12H2,1-2H3. The van der Waals surface area contributed by atoms with Gasteiger partial charge >= 0.3 is 0 Å². The molecule has 2 heterocycles. The summed E-state index contributed by atoms with van der Waals surface area (Å²) in [7, 11) is 2.15. The van der Waals surface area contributed by atoms with E-state index >= 15 is 0 Å². The summed E-state index contributed by atoms with van der Waals surface area (Å²) >= 11 is 0. The van der Waals surface area contributed by atoms with Gasteiger partial charge in [-0.1, -0.05) is 18.2 Å². The molecule has 0 spiro atoms. The molecule has 0 saturated carbocycles. The molecule has 3 rings (SSSR count). The van der Waals surface area contributed by atoms with E-state index in [0.717, 1.165) is 44.0 Å². The van der Waals surface area contributed by atoms with Gasteiger partial charge in [-0.2, -0.15) is 0 Å². The second-order valence-corrected chi connectivity index (χ2v) is 5.83. The molecule has 1 saturated heterocycles. The van der Waals surface area contributed by atoms with E-state index in [9.17, 15) is 0 Å². The fraction of sp³-hybridized carbons (Fsp3) is 0.471. The summed E-state index contributed by atoms with van der Waals surface area (Å²) in [6.07, 6.45) is 0.290. The highest BCUT2D eigenvalue weighted by Crippen LogP contribution is 2.18. The third-order valence-corrected chi connectivity index (χ3v) is 3.96. The number of nitrogens with zero attached hydrogens (tertiary/aromatic N) is 2. The number of hydrogen-bond donors (Lipinski definition) is 1. The molecule has 112 valence electrons. The molecule has 1 aliphatic heterocycles. The Kier molecular flexibility index (Phi) is 4.48. The fourth-order valence-corrected chi connectivity index (χ4v) is 2.90. The van der Waals surface area contributed by atoms with Gasteiger partial charge in [0, 0.05) is 37.3 Å². The number of morpholine rings is 1. The van der Waals surface area contributed by atoms with Gasteiger partial charge in [-0.25, -0.2) is 0 Å². The van der Waals surface area contributed by atoms with E-state index in [1.165, 1.54) is 10.9 Å². The zero-order valence-electron chi connectivity index (χ0n) is 12.8. The zero-order valence-corrected chi connectivity index (χ0v) is 12.8. The van der Waals surface area contributed by atoms with Crippen LogP contribution in [-0.2, 0) is 11.3 Å². The molecule has 1 N–H and O–H groups in total. The van der Waals surface area contributed by atoms with Gasteiger partial charge in [0.2, 0.25) is 0 Å². The van der Waals surface area contributed by atoms with E-state index in [2.05, 4.69) is 53.4 Å². The smallest absolute Gasteiger partial charge is 0.0826 e. The molecule has 1 aromatic carbocycles. The molecule has 1 unspecified atom stereocenters. The quantitative estimate of drug-likeness (QED) is 0.932. The molecule has 21 heavy (non-hydrogen) atoms. The van der Waals surface area contributed by atoms with Crippen molar-refractivity contribution in [3.8, 4) is 0 Å². The molecule has 0 aliphatic carbocycles. The molecule has 1 atom stereocenters. The van der Waals surface area contributed by atoms with Crippen molar-refractivity contribution >= 4 is 10.9 Å². The number of aromatic nitrogens is 1. The molecule has 1 aromatic heterocycles. The van der Waals surface area contributed by atoms with Crippen LogP contribution in [0.25, 0.3) is 10.9 Å². The third-order valence-electron chi connectivity index (χ3n) is 3.96. The number of benzene rings is 1. The Balaban J connectivity index is 1.65. The predicted octanol–water partition coefficient (Wildman–Crippen LogP) is 1.96. The van der Waals surface area contributed by atoms with Gasteiger partial charge in [0.15, 0.2) is 0 Å². The first kappa shape index (κ1) is 14.4. The third kappa shape index (κ3) is 3.59. The van der Waals surface area contributed by atoms with E-state index in [4.69, 9.17) is 4.74 Å². The van der Waals surface area contributed by atoms with Crippen LogP contribution in [0.2, 0.25) is 0 Å². The number of ether oxygens (including phenoxy) is 1. The van der Waals surface area contributed by atoms with Crippen molar-refractivity contribution in [2.45, 2.75) is 19.6 Å². The minimum absolute atomic E-state index is 0.290. The van der Waals surface area contributed by atoms with Crippen LogP contribution in [0.1, 0.15) is 11.3 Å². The first-order valence-electron chi connectivity index (χ1n) is 7.58. The largest absolute Gasteiger partial charge is 0.374 e. The Hall–Kier alpha value is -1.49. The van der Waals surface area contributed by atoms with Crippen LogP contribution in [0.5, 0.6) is 0 Å². The molecule has 0 radical (unpaired) electrons. The van der Waals surface area contributed by atoms with Crippen molar-refractivity contribution in [2.24, 2.45) is 0 Å². The molecule has 0 bridgehead atoms. The number of hydrogen-bond acceptors (Lipinski definition) is 4. The Morgan fingerprint density at radius 2 is 2.24 bits per heavy atom. The van der Waals surface area contributed by atoms with Gasteiger partial charge in [-0.15, -0.1) is 0 Å². The highest BCUT2D eigenvalue weighted by atomic mass is 16.5. The molecular formula is C17H23N3O. The monoisotopic (exact) mass is 285 g/mol. The van der Waals surface area contributed by atoms with Gasteiger partial charge in [0.1, 0.15) is 0 Å². The highest BCUT2D eigenvalue weighted by molar-refractivity contribution is 5.82. The van der Waals surface area contributed by atoms with Crippen LogP contribution in [0, 0.1) is 6.92 Å². The lowest BCUT2D eigenvalue weighted by Gasteiger charge is -2.30. The average Bonchev–Trinajstić information content (AvgIpc) is 2.47. The van der Waals surface area contributed by atoms with Crippen molar-refractivity contribution in [1.82, 2.24) is 15.2 Å². The maximum atomic E-state index is 5.78. The van der Waals surface area contributed by atoms with Gasteiger partial charge in [-0.05, 0) is 31.7 Å². The maximum absolute atomic E-state index is 5.78. The van der Waals surface area contributed by atoms with Crippen LogP contribution in [-0.4, -0.2) is 49.3 Å². The Morgan fingerprint density at radius 1 is 1.38 bits per heavy atom. The average molecular weight is 285 g/mol. The van der Waals surface area contributed by atoms with E-state index < -0.39 is 0 Å². The summed E-state index contributed by atoms with van der Waals surface area (Å²) in [5.74, 6) is 0. The number of aryl methyl sites for hydroxylation is 1. The topological polar surface area (TPSA) is 37.4 Å². The lowest BCUT2D eigenvalue weighted by atomic mass is 10.1. The number of nitrogens with one attached hydrogen (secondary N) is 1. The summed E-state index contributed by atoms with van der Waals surface area (Å²) < 4.78 is 5.78. The van der Waals surface area contributed by atoms with E-state index in [0.29, 0.717) is 0 Å². The summed E-state index contributed by atoms with van der Waals surface area (Å²) in [6, 6.07) is 10.5. The van der Waals surface area contributed by atoms with Crippen LogP contribution >= 0.6 is 0 Å². The minimum Gasteiger partial charge on any atom is -0.374 e. The molecule has 2 aromatic rings. The first-order valence-corrected chi connectivity index (χ1v) is 7.58. The second kappa shape index (κ2) is 6.52. The first-order chi connectivity index (χ1) is 10.2. The molecule has 0 amide bonds. The number of para-hydroxylation sites is 1. The maximum Gasteiger partial charge on any atom is 0.0826 e. The molecule has 1 fully saturated rings. The second-order valence-electron chi connectivity index (χ2n) is 5.83. The van der Waals surface area contributed by atoms with Crippen LogP contribution < -0.4 is 5.32 Å². The Bertz CT molecular complexity index is 614. The Morgan fingerprint density at radius 3 is 3.10 bits per heavy atom. The highest BCUT2D eigenvalue weighted by Gasteiger charge is 2.17. The summed E-state index contributed by atoms with van der Waals surface area (Å²) in [5, 5.41) is 4.77. The van der Waals surface area contributed by atoms with Gasteiger partial charge in [0.05, 0.1) is 18.2 Å². The lowest BCUT2D eigenvalue weighted by molar-refractivity contribution is -0.0182. The molecule has 4 nitrogen and oxygen atoms in total. The van der Waals surface area contributed by atoms with Gasteiger partial charge < -0.3 is 15.0 Å². The summed E-state index contributed by atoms with van der Waals surface area (Å²) in [6.45, 7) is 6.66. The van der Waals surface area contributed by atoms with Gasteiger partial charge in [-0.3, -0.25) is 4.98 Å². The van der Waals surface area contributed by atoms with E-state index in [1.54, 1.807) is 0 Å². The van der Waals surface area contributed by atoms with Crippen molar-refractivity contribution in [3.63, 3.8) is 0 Å². The lowest BCUT2D eigenvalue weighted by Crippen LogP contribution is -2.44. The molecule has 1 aliphatic rings. The van der Waals surface area contributed by atoms with Crippen molar-refractivity contribution < 1.29 is 4.74 Å². The van der Waals surface area contributed by atoms with Gasteiger partial charge in [0.25, 0.3) is 0 Å². The number of rotatable bonds is 4. The van der Waals surface area contributed by atoms with Crippen molar-refractivity contribution in [2.75, 3.05) is 33.3 Å². The van der Waals surface area contributed by atoms with Crippen molar-refractivity contribution in [3.05, 3.63) is 41.6 Å². The molecule has 4 heteroatoms. The summed E-state index contributed by atoms with van der Waals surface area (Å²) in [5.41, 5.74) is 3.45. The zero-order chi connectivity index (χ0) is 14.7. The van der Waals surface area contributed by atoms with Crippen LogP contribution in [0.15, 0.2) is 30.3 Å². The van der Waals surface area contributed by atoms with E-state index in [-0.39, 0.29) is 6.10 Å². The van der Waals surface area contributed by atoms with E-state index in [1.807, 2.05) is 6.07 Å². The number of fused-ring (bicyclic) bond motifs is 1. The fourth-order valence-electron chi connectivity index (χ4n) is 2.90. The number of pyridine rings is 1. The number of likely N-dealkylation sites (N-methyl/N-ethyl adjacent to an activating group) is 1. The molecular weight excluding hydrogens is 262 g/mol. The predicted molar refractivity (Wildman–Crippen MR) is 85.4 cm³/mol. The summed E-state index contributed by atoms with van der Waals surface area (Å²) in [4.78, 5) is 6.91. The van der Waals surface area contributed by atoms with Crippen molar-refractivity contribution in [1.29, 1.82) is 0 Å². The van der Waals surface area contributed by atoms with Crippen LogP contribution in [0.4, 0.5) is 0 Å².